The molecule has 1 aliphatic rings. The van der Waals surface area contributed by atoms with Gasteiger partial charge in [0.15, 0.2) is 5.82 Å². The summed E-state index contributed by atoms with van der Waals surface area (Å²) < 4.78 is 1.59. The van der Waals surface area contributed by atoms with Gasteiger partial charge in [-0.2, -0.15) is 10.1 Å². The van der Waals surface area contributed by atoms with Crippen LogP contribution in [0.1, 0.15) is 30.8 Å². The molecule has 3 aromatic rings. The summed E-state index contributed by atoms with van der Waals surface area (Å²) in [5.74, 6) is 0.990. The van der Waals surface area contributed by atoms with Gasteiger partial charge in [0.05, 0.1) is 10.5 Å². The zero-order valence-electron chi connectivity index (χ0n) is 17.2. The predicted octanol–water partition coefficient (Wildman–Crippen LogP) is 2.43. The van der Waals surface area contributed by atoms with Crippen LogP contribution in [-0.4, -0.2) is 42.3 Å². The molecule has 11 heteroatoms. The third-order valence-electron chi connectivity index (χ3n) is 5.03. The van der Waals surface area contributed by atoms with E-state index in [4.69, 9.17) is 5.11 Å². The SMILES string of the molecule is CC1=C(C(=O)Nc2ccccn2)C(c2ccc([N+](=O)[O-])cc2)n2nc(CCCO)nc2N1. The number of allylic oxidation sites excluding steroid dienone is 1. The molecule has 164 valence electrons. The molecular formula is C21H21N7O4. The van der Waals surface area contributed by atoms with Gasteiger partial charge >= 0.3 is 0 Å². The van der Waals surface area contributed by atoms with E-state index in [1.165, 1.54) is 12.1 Å². The molecule has 1 aliphatic heterocycles. The van der Waals surface area contributed by atoms with Gasteiger partial charge < -0.3 is 15.7 Å². The second kappa shape index (κ2) is 8.94. The van der Waals surface area contributed by atoms with E-state index in [1.807, 2.05) is 0 Å². The fourth-order valence-corrected chi connectivity index (χ4v) is 3.54. The van der Waals surface area contributed by atoms with Crippen molar-refractivity contribution in [3.63, 3.8) is 0 Å². The van der Waals surface area contributed by atoms with Crippen LogP contribution in [0.25, 0.3) is 0 Å². The number of non-ortho nitro benzene ring substituents is 1. The second-order valence-electron chi connectivity index (χ2n) is 7.21. The van der Waals surface area contributed by atoms with Crippen LogP contribution in [0, 0.1) is 10.1 Å². The summed E-state index contributed by atoms with van der Waals surface area (Å²) in [6, 6.07) is 10.5. The smallest absolute Gasteiger partial charge is 0.269 e. The third kappa shape index (κ3) is 4.18. The molecule has 0 aliphatic carbocycles. The molecule has 3 heterocycles. The number of rotatable bonds is 7. The number of hydrogen-bond acceptors (Lipinski definition) is 8. The van der Waals surface area contributed by atoms with Gasteiger partial charge in [0.2, 0.25) is 5.95 Å². The molecule has 1 unspecified atom stereocenters. The maximum Gasteiger partial charge on any atom is 0.269 e. The lowest BCUT2D eigenvalue weighted by atomic mass is 9.95. The Morgan fingerprint density at radius 2 is 2.06 bits per heavy atom. The number of aromatic nitrogens is 4. The van der Waals surface area contributed by atoms with E-state index >= 15 is 0 Å². The standard InChI is InChI=1S/C21H21N7O4/c1-13-18(20(30)24-16-5-2-3-11-22-16)19(14-7-9-15(10-8-14)28(31)32)27-21(23-13)25-17(26-27)6-4-12-29/h2-3,5,7-11,19,29H,4,6,12H2,1H3,(H,22,24,30)(H,23,25,26). The highest BCUT2D eigenvalue weighted by molar-refractivity contribution is 6.05. The number of nitrogens with one attached hydrogen (secondary N) is 2. The largest absolute Gasteiger partial charge is 0.396 e. The number of hydrogen-bond donors (Lipinski definition) is 3. The average molecular weight is 435 g/mol. The number of aryl methyl sites for hydroxylation is 1. The highest BCUT2D eigenvalue weighted by atomic mass is 16.6. The molecule has 4 rings (SSSR count). The molecule has 1 aromatic carbocycles. The fourth-order valence-electron chi connectivity index (χ4n) is 3.54. The number of carbonyl (C=O) groups excluding carboxylic acids is 1. The van der Waals surface area contributed by atoms with Crippen molar-refractivity contribution in [2.24, 2.45) is 0 Å². The maximum atomic E-state index is 13.3. The van der Waals surface area contributed by atoms with Crippen LogP contribution >= 0.6 is 0 Å². The van der Waals surface area contributed by atoms with Crippen LogP contribution in [0.5, 0.6) is 0 Å². The van der Waals surface area contributed by atoms with Crippen LogP contribution < -0.4 is 10.6 Å². The Hall–Kier alpha value is -4.12. The van der Waals surface area contributed by atoms with Gasteiger partial charge in [0.25, 0.3) is 11.6 Å². The number of anilines is 2. The highest BCUT2D eigenvalue weighted by Crippen LogP contribution is 2.36. The molecule has 32 heavy (non-hydrogen) atoms. The molecule has 0 radical (unpaired) electrons. The lowest BCUT2D eigenvalue weighted by Gasteiger charge is -2.28. The average Bonchev–Trinajstić information content (AvgIpc) is 3.19. The Bertz CT molecular complexity index is 1170. The van der Waals surface area contributed by atoms with E-state index in [9.17, 15) is 14.9 Å². The van der Waals surface area contributed by atoms with E-state index in [0.717, 1.165) is 0 Å². The number of nitro groups is 1. The van der Waals surface area contributed by atoms with Gasteiger partial charge in [-0.1, -0.05) is 6.07 Å². The minimum absolute atomic E-state index is 0.0120. The second-order valence-corrected chi connectivity index (χ2v) is 7.21. The van der Waals surface area contributed by atoms with Crippen molar-refractivity contribution in [3.8, 4) is 0 Å². The Morgan fingerprint density at radius 3 is 2.72 bits per heavy atom. The molecule has 2 aromatic heterocycles. The molecule has 0 saturated heterocycles. The lowest BCUT2D eigenvalue weighted by molar-refractivity contribution is -0.384. The van der Waals surface area contributed by atoms with E-state index in [1.54, 1.807) is 48.1 Å². The van der Waals surface area contributed by atoms with E-state index in [-0.39, 0.29) is 18.2 Å². The van der Waals surface area contributed by atoms with E-state index in [0.29, 0.717) is 47.3 Å². The molecule has 0 bridgehead atoms. The Morgan fingerprint density at radius 1 is 1.28 bits per heavy atom. The van der Waals surface area contributed by atoms with Crippen LogP contribution in [-0.2, 0) is 11.2 Å². The fraction of sp³-hybridized carbons (Fsp3) is 0.238. The molecule has 1 atom stereocenters. The van der Waals surface area contributed by atoms with Gasteiger partial charge in [-0.15, -0.1) is 0 Å². The van der Waals surface area contributed by atoms with Crippen LogP contribution in [0.4, 0.5) is 17.5 Å². The number of nitrogens with zero attached hydrogens (tertiary/aromatic N) is 5. The summed E-state index contributed by atoms with van der Waals surface area (Å²) in [5, 5.41) is 30.7. The van der Waals surface area contributed by atoms with Gasteiger partial charge in [-0.25, -0.2) is 9.67 Å². The van der Waals surface area contributed by atoms with Crippen molar-refractivity contribution in [3.05, 3.63) is 81.4 Å². The van der Waals surface area contributed by atoms with Crippen LogP contribution in [0.15, 0.2) is 59.9 Å². The Labute approximate surface area is 183 Å². The monoisotopic (exact) mass is 435 g/mol. The summed E-state index contributed by atoms with van der Waals surface area (Å²) in [6.45, 7) is 1.77. The first-order valence-electron chi connectivity index (χ1n) is 9.98. The van der Waals surface area contributed by atoms with Crippen molar-refractivity contribution in [1.82, 2.24) is 19.7 Å². The lowest BCUT2D eigenvalue weighted by Crippen LogP contribution is -2.31. The van der Waals surface area contributed by atoms with Gasteiger partial charge in [0.1, 0.15) is 11.9 Å². The number of carbonyl (C=O) groups is 1. The molecule has 3 N–H and O–H groups in total. The first-order chi connectivity index (χ1) is 15.5. The van der Waals surface area contributed by atoms with Crippen molar-refractivity contribution in [1.29, 1.82) is 0 Å². The summed E-state index contributed by atoms with van der Waals surface area (Å²) in [6.07, 6.45) is 2.55. The number of benzene rings is 1. The first-order valence-corrected chi connectivity index (χ1v) is 9.98. The maximum absolute atomic E-state index is 13.3. The molecular weight excluding hydrogens is 414 g/mol. The van der Waals surface area contributed by atoms with Crippen molar-refractivity contribution >= 4 is 23.4 Å². The highest BCUT2D eigenvalue weighted by Gasteiger charge is 2.34. The van der Waals surface area contributed by atoms with Crippen LogP contribution in [0.3, 0.4) is 0 Å². The quantitative estimate of drug-likeness (QED) is 0.378. The van der Waals surface area contributed by atoms with Crippen LogP contribution in [0.2, 0.25) is 0 Å². The molecule has 0 saturated carbocycles. The minimum Gasteiger partial charge on any atom is -0.396 e. The summed E-state index contributed by atoms with van der Waals surface area (Å²) in [4.78, 5) is 32.5. The summed E-state index contributed by atoms with van der Waals surface area (Å²) in [7, 11) is 0. The van der Waals surface area contributed by atoms with Crippen molar-refractivity contribution in [2.45, 2.75) is 25.8 Å². The normalized spacial score (nSPS) is 15.1. The van der Waals surface area contributed by atoms with Gasteiger partial charge in [-0.3, -0.25) is 14.9 Å². The Balaban J connectivity index is 1.76. The predicted molar refractivity (Wildman–Crippen MR) is 116 cm³/mol. The third-order valence-corrected chi connectivity index (χ3v) is 5.03. The minimum atomic E-state index is -0.661. The number of pyridine rings is 1. The van der Waals surface area contributed by atoms with E-state index in [2.05, 4.69) is 25.7 Å². The van der Waals surface area contributed by atoms with Gasteiger partial charge in [0, 0.05) is 37.1 Å². The number of aliphatic hydroxyl groups is 1. The zero-order chi connectivity index (χ0) is 22.7. The molecule has 11 nitrogen and oxygen atoms in total. The van der Waals surface area contributed by atoms with Crippen molar-refractivity contribution in [2.75, 3.05) is 17.2 Å². The molecule has 0 spiro atoms. The number of amides is 1. The summed E-state index contributed by atoms with van der Waals surface area (Å²) >= 11 is 0. The zero-order valence-corrected chi connectivity index (χ0v) is 17.2. The van der Waals surface area contributed by atoms with E-state index < -0.39 is 11.0 Å². The topological polar surface area (TPSA) is 148 Å². The Kier molecular flexibility index (Phi) is 5.90. The number of aliphatic hydroxyl groups excluding tert-OH is 1. The number of fused-ring (bicyclic) bond motifs is 1. The van der Waals surface area contributed by atoms with Crippen molar-refractivity contribution < 1.29 is 14.8 Å². The van der Waals surface area contributed by atoms with Gasteiger partial charge in [-0.05, 0) is 43.2 Å². The number of nitro benzene ring substituents is 1. The first kappa shape index (κ1) is 21.1. The summed E-state index contributed by atoms with van der Waals surface area (Å²) in [5.41, 5.74) is 1.55. The molecule has 0 fully saturated rings. The molecule has 1 amide bonds.